The Hall–Kier alpha value is -2.51. The number of pyridine rings is 1. The van der Waals surface area contributed by atoms with Crippen molar-refractivity contribution in [3.63, 3.8) is 0 Å². The van der Waals surface area contributed by atoms with Crippen molar-refractivity contribution in [1.29, 1.82) is 0 Å². The Morgan fingerprint density at radius 1 is 0.962 bits per heavy atom. The third-order valence-electron chi connectivity index (χ3n) is 3.76. The number of anilines is 1. The summed E-state index contributed by atoms with van der Waals surface area (Å²) in [4.78, 5) is 4.67. The number of benzene rings is 2. The van der Waals surface area contributed by atoms with Crippen LogP contribution in [0.2, 0.25) is 0 Å². The van der Waals surface area contributed by atoms with E-state index in [9.17, 15) is 4.39 Å². The van der Waals surface area contributed by atoms with Crippen molar-refractivity contribution in [2.24, 2.45) is 0 Å². The molecule has 0 aliphatic carbocycles. The molecule has 2 heterocycles. The second-order valence-electron chi connectivity index (χ2n) is 5.64. The van der Waals surface area contributed by atoms with Gasteiger partial charge in [0.2, 0.25) is 5.13 Å². The van der Waals surface area contributed by atoms with Crippen LogP contribution < -0.4 is 5.32 Å². The number of nitrogens with one attached hydrogen (secondary N) is 1. The van der Waals surface area contributed by atoms with E-state index in [0.29, 0.717) is 6.54 Å². The van der Waals surface area contributed by atoms with E-state index < -0.39 is 0 Å². The van der Waals surface area contributed by atoms with Gasteiger partial charge < -0.3 is 5.32 Å². The number of rotatable bonds is 6. The first-order valence-corrected chi connectivity index (χ1v) is 9.86. The van der Waals surface area contributed by atoms with Gasteiger partial charge in [-0.05, 0) is 29.8 Å². The van der Waals surface area contributed by atoms with Crippen molar-refractivity contribution in [3.8, 4) is 0 Å². The zero-order valence-electron chi connectivity index (χ0n) is 13.7. The van der Waals surface area contributed by atoms with Gasteiger partial charge in [0.1, 0.15) is 5.82 Å². The highest BCUT2D eigenvalue weighted by Crippen LogP contribution is 2.28. The standard InChI is InChI=1S/C19H15FN4S2/c20-15-8-5-13(6-9-15)11-21-18-23-24-19(26-18)25-12-16-10-7-14-3-1-2-4-17(14)22-16/h1-10H,11-12H2,(H,21,23). The van der Waals surface area contributed by atoms with Crippen molar-refractivity contribution >= 4 is 39.1 Å². The van der Waals surface area contributed by atoms with E-state index in [-0.39, 0.29) is 5.82 Å². The number of hydrogen-bond donors (Lipinski definition) is 1. The molecule has 4 rings (SSSR count). The van der Waals surface area contributed by atoms with Crippen LogP contribution in [0.3, 0.4) is 0 Å². The first-order chi connectivity index (χ1) is 12.8. The van der Waals surface area contributed by atoms with Gasteiger partial charge in [-0.1, -0.05) is 59.5 Å². The number of thioether (sulfide) groups is 1. The molecule has 4 aromatic rings. The lowest BCUT2D eigenvalue weighted by Gasteiger charge is -2.02. The summed E-state index contributed by atoms with van der Waals surface area (Å²) in [6, 6.07) is 18.6. The summed E-state index contributed by atoms with van der Waals surface area (Å²) < 4.78 is 13.8. The van der Waals surface area contributed by atoms with E-state index in [0.717, 1.165) is 37.4 Å². The van der Waals surface area contributed by atoms with E-state index >= 15 is 0 Å². The van der Waals surface area contributed by atoms with E-state index in [1.807, 2.05) is 24.3 Å². The first kappa shape index (κ1) is 16.9. The molecule has 0 aliphatic heterocycles. The summed E-state index contributed by atoms with van der Waals surface area (Å²) in [6.45, 7) is 0.589. The number of fused-ring (bicyclic) bond motifs is 1. The zero-order valence-corrected chi connectivity index (χ0v) is 15.4. The second kappa shape index (κ2) is 7.80. The van der Waals surface area contributed by atoms with Gasteiger partial charge in [-0.25, -0.2) is 4.39 Å². The molecule has 0 aliphatic rings. The monoisotopic (exact) mass is 382 g/mol. The van der Waals surface area contributed by atoms with Crippen LogP contribution in [0.15, 0.2) is 65.0 Å². The van der Waals surface area contributed by atoms with Crippen LogP contribution in [-0.2, 0) is 12.3 Å². The van der Waals surface area contributed by atoms with Crippen LogP contribution >= 0.6 is 23.1 Å². The predicted molar refractivity (Wildman–Crippen MR) is 105 cm³/mol. The summed E-state index contributed by atoms with van der Waals surface area (Å²) in [6.07, 6.45) is 0. The smallest absolute Gasteiger partial charge is 0.206 e. The van der Waals surface area contributed by atoms with Crippen LogP contribution in [0.25, 0.3) is 10.9 Å². The van der Waals surface area contributed by atoms with E-state index in [4.69, 9.17) is 0 Å². The molecule has 0 amide bonds. The van der Waals surface area contributed by atoms with Gasteiger partial charge >= 0.3 is 0 Å². The molecular formula is C19H15FN4S2. The highest BCUT2D eigenvalue weighted by Gasteiger charge is 2.06. The summed E-state index contributed by atoms with van der Waals surface area (Å²) in [5.41, 5.74) is 3.02. The quantitative estimate of drug-likeness (QED) is 0.469. The van der Waals surface area contributed by atoms with Gasteiger partial charge in [-0.3, -0.25) is 4.98 Å². The molecule has 7 heteroatoms. The minimum absolute atomic E-state index is 0.231. The normalized spacial score (nSPS) is 11.0. The Kier molecular flexibility index (Phi) is 5.08. The van der Waals surface area contributed by atoms with Crippen molar-refractivity contribution < 1.29 is 4.39 Å². The fourth-order valence-electron chi connectivity index (χ4n) is 2.44. The van der Waals surface area contributed by atoms with E-state index in [1.54, 1.807) is 23.9 Å². The Morgan fingerprint density at radius 3 is 2.69 bits per heavy atom. The van der Waals surface area contributed by atoms with Crippen molar-refractivity contribution in [2.75, 3.05) is 5.32 Å². The molecule has 0 bridgehead atoms. The highest BCUT2D eigenvalue weighted by molar-refractivity contribution is 8.00. The SMILES string of the molecule is Fc1ccc(CNc2nnc(SCc3ccc4ccccc4n3)s2)cc1. The van der Waals surface area contributed by atoms with Crippen LogP contribution in [0.5, 0.6) is 0 Å². The van der Waals surface area contributed by atoms with Crippen LogP contribution in [0.4, 0.5) is 9.52 Å². The van der Waals surface area contributed by atoms with E-state index in [2.05, 4.69) is 32.6 Å². The van der Waals surface area contributed by atoms with Gasteiger partial charge in [0.25, 0.3) is 0 Å². The largest absolute Gasteiger partial charge is 0.356 e. The van der Waals surface area contributed by atoms with Gasteiger partial charge in [-0.15, -0.1) is 10.2 Å². The molecule has 130 valence electrons. The maximum absolute atomic E-state index is 12.9. The van der Waals surface area contributed by atoms with Crippen molar-refractivity contribution in [2.45, 2.75) is 16.6 Å². The summed E-state index contributed by atoms with van der Waals surface area (Å²) in [5.74, 6) is 0.517. The molecule has 4 nitrogen and oxygen atoms in total. The lowest BCUT2D eigenvalue weighted by atomic mass is 10.2. The molecule has 0 fully saturated rings. The minimum Gasteiger partial charge on any atom is -0.356 e. The Balaban J connectivity index is 1.34. The molecule has 0 spiro atoms. The molecule has 0 unspecified atom stereocenters. The lowest BCUT2D eigenvalue weighted by Crippen LogP contribution is -1.98. The lowest BCUT2D eigenvalue weighted by molar-refractivity contribution is 0.627. The fourth-order valence-corrected chi connectivity index (χ4v) is 4.10. The highest BCUT2D eigenvalue weighted by atomic mass is 32.2. The maximum Gasteiger partial charge on any atom is 0.206 e. The van der Waals surface area contributed by atoms with Crippen LogP contribution in [-0.4, -0.2) is 15.2 Å². The summed E-state index contributed by atoms with van der Waals surface area (Å²) >= 11 is 3.13. The maximum atomic E-state index is 12.9. The average molecular weight is 382 g/mol. The topological polar surface area (TPSA) is 50.7 Å². The van der Waals surface area contributed by atoms with Crippen LogP contribution in [0.1, 0.15) is 11.3 Å². The van der Waals surface area contributed by atoms with Gasteiger partial charge in [0.15, 0.2) is 4.34 Å². The predicted octanol–water partition coefficient (Wildman–Crippen LogP) is 5.13. The molecule has 2 aromatic heterocycles. The molecule has 26 heavy (non-hydrogen) atoms. The molecule has 0 atom stereocenters. The molecule has 0 saturated heterocycles. The number of para-hydroxylation sites is 1. The number of aromatic nitrogens is 3. The Labute approximate surface area is 158 Å². The first-order valence-electron chi connectivity index (χ1n) is 8.05. The molecule has 0 saturated carbocycles. The molecule has 2 aromatic carbocycles. The summed E-state index contributed by atoms with van der Waals surface area (Å²) in [5, 5.41) is 13.5. The minimum atomic E-state index is -0.231. The van der Waals surface area contributed by atoms with E-state index in [1.165, 1.54) is 23.5 Å². The fraction of sp³-hybridized carbons (Fsp3) is 0.105. The zero-order chi connectivity index (χ0) is 17.8. The summed E-state index contributed by atoms with van der Waals surface area (Å²) in [7, 11) is 0. The third-order valence-corrected chi connectivity index (χ3v) is 5.81. The number of hydrogen-bond acceptors (Lipinski definition) is 6. The third kappa shape index (κ3) is 4.17. The molecule has 1 N–H and O–H groups in total. The van der Waals surface area contributed by atoms with Gasteiger partial charge in [0.05, 0.1) is 11.2 Å². The molecule has 0 radical (unpaired) electrons. The average Bonchev–Trinajstić information content (AvgIpc) is 3.14. The van der Waals surface area contributed by atoms with Gasteiger partial charge in [0, 0.05) is 17.7 Å². The number of halogens is 1. The second-order valence-corrected chi connectivity index (χ2v) is 7.84. The van der Waals surface area contributed by atoms with Crippen molar-refractivity contribution in [3.05, 3.63) is 77.7 Å². The molecular weight excluding hydrogens is 367 g/mol. The Morgan fingerprint density at radius 2 is 1.81 bits per heavy atom. The Bertz CT molecular complexity index is 1020. The van der Waals surface area contributed by atoms with Crippen LogP contribution in [0, 0.1) is 5.82 Å². The van der Waals surface area contributed by atoms with Gasteiger partial charge in [-0.2, -0.15) is 0 Å². The van der Waals surface area contributed by atoms with Crippen molar-refractivity contribution in [1.82, 2.24) is 15.2 Å². The number of nitrogens with zero attached hydrogens (tertiary/aromatic N) is 3.